The number of aliphatic hydroxyl groups excluding tert-OH is 2. The highest BCUT2D eigenvalue weighted by atomic mass is 16.6. The number of anilines is 2. The predicted octanol–water partition coefficient (Wildman–Crippen LogP) is 1.42. The number of hydrogen-bond donors (Lipinski definition) is 2. The molecule has 2 heterocycles. The minimum Gasteiger partial charge on any atom is -0.461 e. The van der Waals surface area contributed by atoms with Crippen molar-refractivity contribution in [2.45, 2.75) is 12.6 Å². The van der Waals surface area contributed by atoms with Gasteiger partial charge in [-0.3, -0.25) is 0 Å². The van der Waals surface area contributed by atoms with E-state index in [1.54, 1.807) is 0 Å². The van der Waals surface area contributed by atoms with E-state index < -0.39 is 12.6 Å². The zero-order valence-corrected chi connectivity index (χ0v) is 13.2. The number of ether oxygens (including phenoxy) is 2. The van der Waals surface area contributed by atoms with Gasteiger partial charge >= 0.3 is 0 Å². The Morgan fingerprint density at radius 1 is 0.750 bits per heavy atom. The van der Waals surface area contributed by atoms with Crippen molar-refractivity contribution in [3.05, 3.63) is 48.5 Å². The Labute approximate surface area is 140 Å². The molecule has 2 aromatic rings. The summed E-state index contributed by atoms with van der Waals surface area (Å²) in [5.41, 5.74) is 1.95. The van der Waals surface area contributed by atoms with E-state index in [4.69, 9.17) is 9.47 Å². The van der Waals surface area contributed by atoms with Crippen molar-refractivity contribution in [3.63, 3.8) is 0 Å². The van der Waals surface area contributed by atoms with Crippen molar-refractivity contribution in [2.75, 3.05) is 36.0 Å². The lowest BCUT2D eigenvalue weighted by atomic mass is 10.2. The van der Waals surface area contributed by atoms with Crippen LogP contribution in [0.1, 0.15) is 0 Å². The van der Waals surface area contributed by atoms with E-state index in [0.717, 1.165) is 11.4 Å². The molecule has 126 valence electrons. The average Bonchev–Trinajstić information content (AvgIpc) is 2.59. The van der Waals surface area contributed by atoms with Crippen LogP contribution in [0.15, 0.2) is 48.5 Å². The number of nitrogens with zero attached hydrogens (tertiary/aromatic N) is 2. The molecule has 2 aromatic carbocycles. The van der Waals surface area contributed by atoms with Crippen molar-refractivity contribution < 1.29 is 19.7 Å². The third kappa shape index (κ3) is 2.86. The highest BCUT2D eigenvalue weighted by Gasteiger charge is 2.27. The summed E-state index contributed by atoms with van der Waals surface area (Å²) in [5, 5.41) is 19.9. The number of fused-ring (bicyclic) bond motifs is 2. The van der Waals surface area contributed by atoms with Gasteiger partial charge in [0.05, 0.1) is 24.5 Å². The maximum absolute atomic E-state index is 9.93. The van der Waals surface area contributed by atoms with Gasteiger partial charge in [-0.05, 0) is 24.3 Å². The standard InChI is InChI=1S/C18H20N2O4/c21-17-11-19(13-5-1-3-7-15(13)23-17)9-10-20-12-18(22)24-16-8-4-2-6-14(16)20/h1-8,17-18,21-22H,9-12H2/t17-,18-/m0/s1. The lowest BCUT2D eigenvalue weighted by Gasteiger charge is -2.38. The van der Waals surface area contributed by atoms with Gasteiger partial charge in [0, 0.05) is 13.1 Å². The normalized spacial score (nSPS) is 22.2. The number of para-hydroxylation sites is 4. The maximum atomic E-state index is 9.93. The van der Waals surface area contributed by atoms with Crippen LogP contribution >= 0.6 is 0 Å². The predicted molar refractivity (Wildman–Crippen MR) is 90.6 cm³/mol. The fourth-order valence-electron chi connectivity index (χ4n) is 3.24. The molecule has 0 amide bonds. The van der Waals surface area contributed by atoms with Gasteiger partial charge in [-0.2, -0.15) is 0 Å². The van der Waals surface area contributed by atoms with Gasteiger partial charge in [-0.15, -0.1) is 0 Å². The second kappa shape index (κ2) is 6.22. The Morgan fingerprint density at radius 3 is 1.62 bits per heavy atom. The van der Waals surface area contributed by atoms with Crippen LogP contribution < -0.4 is 19.3 Å². The molecule has 0 saturated carbocycles. The van der Waals surface area contributed by atoms with Gasteiger partial charge in [-0.1, -0.05) is 24.3 Å². The second-order valence-electron chi connectivity index (χ2n) is 5.97. The summed E-state index contributed by atoms with van der Waals surface area (Å²) >= 11 is 0. The minimum atomic E-state index is -0.831. The monoisotopic (exact) mass is 328 g/mol. The van der Waals surface area contributed by atoms with E-state index in [1.165, 1.54) is 0 Å². The molecule has 0 spiro atoms. The van der Waals surface area contributed by atoms with Crippen molar-refractivity contribution in [2.24, 2.45) is 0 Å². The molecule has 2 aliphatic heterocycles. The molecule has 0 aromatic heterocycles. The van der Waals surface area contributed by atoms with Gasteiger partial charge in [-0.25, -0.2) is 0 Å². The number of β-amino-alcohol motifs (C(OH)–C–C–N with tert-alkyl or cyclic N) is 2. The van der Waals surface area contributed by atoms with E-state index in [2.05, 4.69) is 9.80 Å². The Kier molecular flexibility index (Phi) is 3.92. The third-order valence-corrected chi connectivity index (χ3v) is 4.33. The molecular formula is C18H20N2O4. The largest absolute Gasteiger partial charge is 0.461 e. The third-order valence-electron chi connectivity index (χ3n) is 4.33. The molecule has 4 rings (SSSR count). The van der Waals surface area contributed by atoms with Crippen LogP contribution in [0.2, 0.25) is 0 Å². The summed E-state index contributed by atoms with van der Waals surface area (Å²) in [4.78, 5) is 4.21. The van der Waals surface area contributed by atoms with Gasteiger partial charge < -0.3 is 29.5 Å². The van der Waals surface area contributed by atoms with Gasteiger partial charge in [0.15, 0.2) is 0 Å². The molecule has 2 aliphatic rings. The van der Waals surface area contributed by atoms with Crippen molar-refractivity contribution in [1.29, 1.82) is 0 Å². The summed E-state index contributed by atoms with van der Waals surface area (Å²) in [6.07, 6.45) is -1.66. The van der Waals surface area contributed by atoms with Crippen molar-refractivity contribution in [3.8, 4) is 11.5 Å². The van der Waals surface area contributed by atoms with E-state index in [1.807, 2.05) is 48.5 Å². The highest BCUT2D eigenvalue weighted by Crippen LogP contribution is 2.34. The van der Waals surface area contributed by atoms with Crippen LogP contribution in [-0.2, 0) is 0 Å². The lowest BCUT2D eigenvalue weighted by molar-refractivity contribution is -0.0189. The quantitative estimate of drug-likeness (QED) is 0.888. The van der Waals surface area contributed by atoms with E-state index >= 15 is 0 Å². The number of rotatable bonds is 3. The molecule has 24 heavy (non-hydrogen) atoms. The zero-order chi connectivity index (χ0) is 16.5. The number of hydrogen-bond acceptors (Lipinski definition) is 6. The van der Waals surface area contributed by atoms with Crippen molar-refractivity contribution in [1.82, 2.24) is 0 Å². The molecular weight excluding hydrogens is 308 g/mol. The lowest BCUT2D eigenvalue weighted by Crippen LogP contribution is -2.47. The van der Waals surface area contributed by atoms with Crippen LogP contribution in [0.25, 0.3) is 0 Å². The Bertz CT molecular complexity index is 662. The topological polar surface area (TPSA) is 65.4 Å². The first-order chi connectivity index (χ1) is 11.7. The van der Waals surface area contributed by atoms with Crippen LogP contribution in [0, 0.1) is 0 Å². The molecule has 0 aliphatic carbocycles. The smallest absolute Gasteiger partial charge is 0.215 e. The second-order valence-corrected chi connectivity index (χ2v) is 5.97. The van der Waals surface area contributed by atoms with Crippen LogP contribution in [0.5, 0.6) is 11.5 Å². The molecule has 2 atom stereocenters. The summed E-state index contributed by atoms with van der Waals surface area (Å²) < 4.78 is 10.9. The van der Waals surface area contributed by atoms with Crippen LogP contribution in [0.3, 0.4) is 0 Å². The Hall–Kier alpha value is -2.44. The molecule has 0 bridgehead atoms. The maximum Gasteiger partial charge on any atom is 0.215 e. The molecule has 0 saturated heterocycles. The molecule has 2 N–H and O–H groups in total. The highest BCUT2D eigenvalue weighted by molar-refractivity contribution is 5.62. The molecule has 6 heteroatoms. The van der Waals surface area contributed by atoms with E-state index in [9.17, 15) is 10.2 Å². The van der Waals surface area contributed by atoms with E-state index in [0.29, 0.717) is 37.7 Å². The Balaban J connectivity index is 1.52. The fraction of sp³-hybridized carbons (Fsp3) is 0.333. The molecule has 0 unspecified atom stereocenters. The summed E-state index contributed by atoms with van der Waals surface area (Å²) in [6, 6.07) is 15.4. The fourth-order valence-corrected chi connectivity index (χ4v) is 3.24. The summed E-state index contributed by atoms with van der Waals surface area (Å²) in [7, 11) is 0. The first kappa shape index (κ1) is 15.1. The summed E-state index contributed by atoms with van der Waals surface area (Å²) in [5.74, 6) is 1.39. The SMILES string of the molecule is O[C@@H]1CN(CCN2C[C@@H](O)Oc3ccccc32)c2ccccc2O1. The molecule has 6 nitrogen and oxygen atoms in total. The molecule has 0 radical (unpaired) electrons. The van der Waals surface area contributed by atoms with Gasteiger partial charge in [0.1, 0.15) is 11.5 Å². The van der Waals surface area contributed by atoms with Gasteiger partial charge in [0.2, 0.25) is 12.6 Å². The van der Waals surface area contributed by atoms with Crippen LogP contribution in [0.4, 0.5) is 11.4 Å². The molecule has 0 fully saturated rings. The van der Waals surface area contributed by atoms with E-state index in [-0.39, 0.29) is 0 Å². The Morgan fingerprint density at radius 2 is 1.17 bits per heavy atom. The average molecular weight is 328 g/mol. The first-order valence-corrected chi connectivity index (χ1v) is 8.08. The van der Waals surface area contributed by atoms with Crippen molar-refractivity contribution >= 4 is 11.4 Å². The van der Waals surface area contributed by atoms with Gasteiger partial charge in [0.25, 0.3) is 0 Å². The zero-order valence-electron chi connectivity index (χ0n) is 13.2. The minimum absolute atomic E-state index is 0.422. The number of benzene rings is 2. The first-order valence-electron chi connectivity index (χ1n) is 8.08. The number of aliphatic hydroxyl groups is 2. The van der Waals surface area contributed by atoms with Crippen LogP contribution in [-0.4, -0.2) is 49.0 Å². The summed E-state index contributed by atoms with van der Waals surface area (Å²) in [6.45, 7) is 2.26.